The Balaban J connectivity index is 1.91. The molecule has 5 nitrogen and oxygen atoms in total. The Bertz CT molecular complexity index is 913. The highest BCUT2D eigenvalue weighted by Gasteiger charge is 2.30. The van der Waals surface area contributed by atoms with Gasteiger partial charge in [-0.05, 0) is 48.7 Å². The summed E-state index contributed by atoms with van der Waals surface area (Å²) in [5.41, 5.74) is 0.661. The van der Waals surface area contributed by atoms with E-state index in [0.717, 1.165) is 17.3 Å². The Morgan fingerprint density at radius 1 is 1.07 bits per heavy atom. The van der Waals surface area contributed by atoms with Gasteiger partial charge in [-0.2, -0.15) is 4.31 Å². The molecule has 1 fully saturated rings. The molecule has 1 saturated heterocycles. The van der Waals surface area contributed by atoms with Crippen molar-refractivity contribution < 1.29 is 13.2 Å². The van der Waals surface area contributed by atoms with Crippen molar-refractivity contribution >= 4 is 43.5 Å². The molecule has 1 aliphatic rings. The van der Waals surface area contributed by atoms with E-state index in [1.54, 1.807) is 41.3 Å². The van der Waals surface area contributed by atoms with Gasteiger partial charge in [0.1, 0.15) is 0 Å². The molecule has 1 heterocycles. The predicted octanol–water partition coefficient (Wildman–Crippen LogP) is 3.92. The molecule has 0 saturated carbocycles. The summed E-state index contributed by atoms with van der Waals surface area (Å²) in [6.07, 6.45) is 1.91. The van der Waals surface area contributed by atoms with Crippen molar-refractivity contribution in [1.29, 1.82) is 0 Å². The van der Waals surface area contributed by atoms with E-state index in [-0.39, 0.29) is 23.9 Å². The number of amides is 1. The van der Waals surface area contributed by atoms with E-state index in [1.165, 1.54) is 16.4 Å². The van der Waals surface area contributed by atoms with Crippen LogP contribution in [0, 0.1) is 0 Å². The highest BCUT2D eigenvalue weighted by Crippen LogP contribution is 2.24. The number of carbonyl (C=O) groups excluding carboxylic acids is 1. The van der Waals surface area contributed by atoms with E-state index < -0.39 is 10.0 Å². The second-order valence-corrected chi connectivity index (χ2v) is 9.67. The van der Waals surface area contributed by atoms with Crippen molar-refractivity contribution in [3.63, 3.8) is 0 Å². The number of hydrogen-bond donors (Lipinski definition) is 0. The lowest BCUT2D eigenvalue weighted by Crippen LogP contribution is -2.41. The molecule has 0 bridgehead atoms. The van der Waals surface area contributed by atoms with Gasteiger partial charge in [-0.3, -0.25) is 4.79 Å². The SMILES string of the molecule is O=C(CN(Cc1ccccc1Cl)S(=O)(=O)c1ccc(Br)cc1)N1CCCC1. The van der Waals surface area contributed by atoms with Gasteiger partial charge in [0.05, 0.1) is 11.4 Å². The van der Waals surface area contributed by atoms with Crippen LogP contribution in [0.4, 0.5) is 0 Å². The molecular weight excluding hydrogens is 452 g/mol. The fourth-order valence-electron chi connectivity index (χ4n) is 3.02. The van der Waals surface area contributed by atoms with Gasteiger partial charge in [0, 0.05) is 29.1 Å². The third-order valence-corrected chi connectivity index (χ3v) is 7.23. The summed E-state index contributed by atoms with van der Waals surface area (Å²) in [6.45, 7) is 1.19. The zero-order valence-electron chi connectivity index (χ0n) is 14.6. The molecule has 27 heavy (non-hydrogen) atoms. The molecule has 0 aliphatic carbocycles. The molecule has 2 aromatic carbocycles. The normalized spacial score (nSPS) is 14.7. The second-order valence-electron chi connectivity index (χ2n) is 6.41. The van der Waals surface area contributed by atoms with Crippen LogP contribution < -0.4 is 0 Å². The standard InChI is InChI=1S/C19H20BrClN2O3S/c20-16-7-9-17(10-8-16)27(25,26)23(13-15-5-1-2-6-18(15)21)14-19(24)22-11-3-4-12-22/h1-2,5-10H,3-4,11-14H2. The lowest BCUT2D eigenvalue weighted by Gasteiger charge is -2.25. The molecule has 1 aliphatic heterocycles. The first kappa shape index (κ1) is 20.3. The smallest absolute Gasteiger partial charge is 0.243 e. The number of rotatable bonds is 6. The maximum absolute atomic E-state index is 13.2. The van der Waals surface area contributed by atoms with E-state index in [1.807, 2.05) is 0 Å². The second kappa shape index (κ2) is 8.73. The minimum absolute atomic E-state index is 0.0393. The third kappa shape index (κ3) is 4.90. The summed E-state index contributed by atoms with van der Waals surface area (Å²) in [7, 11) is -3.85. The van der Waals surface area contributed by atoms with Crippen LogP contribution in [-0.2, 0) is 21.4 Å². The van der Waals surface area contributed by atoms with Gasteiger partial charge < -0.3 is 4.90 Å². The molecule has 0 radical (unpaired) electrons. The summed E-state index contributed by atoms with van der Waals surface area (Å²) < 4.78 is 28.4. The monoisotopic (exact) mass is 470 g/mol. The van der Waals surface area contributed by atoms with Gasteiger partial charge in [-0.15, -0.1) is 0 Å². The maximum atomic E-state index is 13.2. The zero-order chi connectivity index (χ0) is 19.4. The Morgan fingerprint density at radius 2 is 1.70 bits per heavy atom. The van der Waals surface area contributed by atoms with Crippen LogP contribution in [0.15, 0.2) is 57.9 Å². The number of likely N-dealkylation sites (tertiary alicyclic amines) is 1. The summed E-state index contributed by atoms with van der Waals surface area (Å²) in [4.78, 5) is 14.5. The van der Waals surface area contributed by atoms with Crippen molar-refractivity contribution in [3.05, 3.63) is 63.6 Å². The van der Waals surface area contributed by atoms with Gasteiger partial charge >= 0.3 is 0 Å². The van der Waals surface area contributed by atoms with Crippen LogP contribution >= 0.6 is 27.5 Å². The molecule has 1 amide bonds. The van der Waals surface area contributed by atoms with E-state index in [2.05, 4.69) is 15.9 Å². The molecular formula is C19H20BrClN2O3S. The third-order valence-electron chi connectivity index (χ3n) is 4.53. The van der Waals surface area contributed by atoms with Gasteiger partial charge in [0.25, 0.3) is 0 Å². The quantitative estimate of drug-likeness (QED) is 0.642. The van der Waals surface area contributed by atoms with E-state index in [0.29, 0.717) is 23.7 Å². The van der Waals surface area contributed by atoms with E-state index in [4.69, 9.17) is 11.6 Å². The first-order chi connectivity index (χ1) is 12.9. The van der Waals surface area contributed by atoms with Crippen molar-refractivity contribution in [2.24, 2.45) is 0 Å². The number of halogens is 2. The Kier molecular flexibility index (Phi) is 6.57. The Morgan fingerprint density at radius 3 is 2.33 bits per heavy atom. The summed E-state index contributed by atoms with van der Waals surface area (Å²) in [5.74, 6) is -0.180. The average molecular weight is 472 g/mol. The Labute approximate surface area is 173 Å². The fraction of sp³-hybridized carbons (Fsp3) is 0.316. The van der Waals surface area contributed by atoms with Crippen LogP contribution in [0.2, 0.25) is 5.02 Å². The topological polar surface area (TPSA) is 57.7 Å². The summed E-state index contributed by atoms with van der Waals surface area (Å²) in [5, 5.41) is 0.474. The first-order valence-electron chi connectivity index (χ1n) is 8.65. The molecule has 3 rings (SSSR count). The first-order valence-corrected chi connectivity index (χ1v) is 11.3. The molecule has 2 aromatic rings. The van der Waals surface area contributed by atoms with Crippen LogP contribution in [-0.4, -0.2) is 43.2 Å². The van der Waals surface area contributed by atoms with Crippen molar-refractivity contribution in [3.8, 4) is 0 Å². The van der Waals surface area contributed by atoms with Gasteiger partial charge in [-0.25, -0.2) is 8.42 Å². The van der Waals surface area contributed by atoms with E-state index in [9.17, 15) is 13.2 Å². The van der Waals surface area contributed by atoms with E-state index >= 15 is 0 Å². The number of hydrogen-bond acceptors (Lipinski definition) is 3. The number of carbonyl (C=O) groups is 1. The van der Waals surface area contributed by atoms with Crippen LogP contribution in [0.1, 0.15) is 18.4 Å². The molecule has 0 aromatic heterocycles. The molecule has 0 N–H and O–H groups in total. The minimum atomic E-state index is -3.85. The van der Waals surface area contributed by atoms with Crippen molar-refractivity contribution in [2.75, 3.05) is 19.6 Å². The lowest BCUT2D eigenvalue weighted by molar-refractivity contribution is -0.130. The van der Waals surface area contributed by atoms with Gasteiger partial charge in [-0.1, -0.05) is 45.7 Å². The highest BCUT2D eigenvalue weighted by molar-refractivity contribution is 9.10. The molecule has 0 spiro atoms. The minimum Gasteiger partial charge on any atom is -0.342 e. The predicted molar refractivity (Wildman–Crippen MR) is 109 cm³/mol. The maximum Gasteiger partial charge on any atom is 0.243 e. The highest BCUT2D eigenvalue weighted by atomic mass is 79.9. The summed E-state index contributed by atoms with van der Waals surface area (Å²) >= 11 is 9.54. The Hall–Kier alpha value is -1.41. The molecule has 144 valence electrons. The van der Waals surface area contributed by atoms with Gasteiger partial charge in [0.15, 0.2) is 0 Å². The largest absolute Gasteiger partial charge is 0.342 e. The fourth-order valence-corrected chi connectivity index (χ4v) is 4.84. The van der Waals surface area contributed by atoms with Crippen molar-refractivity contribution in [1.82, 2.24) is 9.21 Å². The zero-order valence-corrected chi connectivity index (χ0v) is 17.8. The summed E-state index contributed by atoms with van der Waals surface area (Å²) in [6, 6.07) is 13.5. The number of sulfonamides is 1. The number of nitrogens with zero attached hydrogens (tertiary/aromatic N) is 2. The average Bonchev–Trinajstić information content (AvgIpc) is 3.18. The van der Waals surface area contributed by atoms with Crippen LogP contribution in [0.25, 0.3) is 0 Å². The van der Waals surface area contributed by atoms with Crippen LogP contribution in [0.3, 0.4) is 0 Å². The van der Waals surface area contributed by atoms with Crippen LogP contribution in [0.5, 0.6) is 0 Å². The van der Waals surface area contributed by atoms with Gasteiger partial charge in [0.2, 0.25) is 15.9 Å². The molecule has 0 atom stereocenters. The molecule has 0 unspecified atom stereocenters. The lowest BCUT2D eigenvalue weighted by atomic mass is 10.2. The number of benzene rings is 2. The van der Waals surface area contributed by atoms with Crippen molar-refractivity contribution in [2.45, 2.75) is 24.3 Å². The molecule has 8 heteroatoms.